The first-order chi connectivity index (χ1) is 8.93. The third-order valence-corrected chi connectivity index (χ3v) is 3.81. The summed E-state index contributed by atoms with van der Waals surface area (Å²) >= 11 is 7.18. The van der Waals surface area contributed by atoms with Crippen LogP contribution >= 0.6 is 22.9 Å². The Balaban J connectivity index is 2.68. The Hall–Kier alpha value is -1.33. The number of thiophene rings is 1. The van der Waals surface area contributed by atoms with E-state index in [2.05, 4.69) is 0 Å². The number of hydrogen-bond acceptors (Lipinski definition) is 3. The largest absolute Gasteiger partial charge is 0.481 e. The molecule has 4 nitrogen and oxygen atoms in total. The number of carboxylic acid groups (broad SMARTS) is 1. The summed E-state index contributed by atoms with van der Waals surface area (Å²) in [4.78, 5) is 25.1. The van der Waals surface area contributed by atoms with Gasteiger partial charge in [0.1, 0.15) is 0 Å². The maximum atomic E-state index is 12.0. The van der Waals surface area contributed by atoms with Gasteiger partial charge in [-0.25, -0.2) is 0 Å². The van der Waals surface area contributed by atoms with Crippen molar-refractivity contribution in [1.29, 1.82) is 0 Å². The zero-order valence-electron chi connectivity index (χ0n) is 10.8. The lowest BCUT2D eigenvalue weighted by Crippen LogP contribution is -2.38. The molecule has 104 valence electrons. The Morgan fingerprint density at radius 3 is 2.68 bits per heavy atom. The highest BCUT2D eigenvalue weighted by atomic mass is 35.5. The Morgan fingerprint density at radius 1 is 1.53 bits per heavy atom. The molecular weight excluding hydrogens is 286 g/mol. The monoisotopic (exact) mass is 301 g/mol. The average Bonchev–Trinajstić information content (AvgIpc) is 2.72. The number of aliphatic carboxylic acids is 1. The lowest BCUT2D eigenvalue weighted by Gasteiger charge is -2.25. The first-order valence-electron chi connectivity index (χ1n) is 5.89. The van der Waals surface area contributed by atoms with Crippen molar-refractivity contribution in [3.63, 3.8) is 0 Å². The Morgan fingerprint density at radius 2 is 2.21 bits per heavy atom. The van der Waals surface area contributed by atoms with E-state index in [1.807, 2.05) is 13.0 Å². The zero-order chi connectivity index (χ0) is 14.4. The van der Waals surface area contributed by atoms with Gasteiger partial charge in [-0.2, -0.15) is 0 Å². The molecule has 0 saturated heterocycles. The fourth-order valence-electron chi connectivity index (χ4n) is 1.71. The number of nitrogens with zero attached hydrogens (tertiary/aromatic N) is 1. The fourth-order valence-corrected chi connectivity index (χ4v) is 2.68. The van der Waals surface area contributed by atoms with E-state index in [4.69, 9.17) is 16.7 Å². The van der Waals surface area contributed by atoms with Crippen LogP contribution in [0.2, 0.25) is 4.34 Å². The van der Waals surface area contributed by atoms with Gasteiger partial charge in [-0.05, 0) is 32.1 Å². The van der Waals surface area contributed by atoms with Crippen molar-refractivity contribution >= 4 is 40.9 Å². The first kappa shape index (κ1) is 15.7. The van der Waals surface area contributed by atoms with E-state index in [1.165, 1.54) is 22.3 Å². The topological polar surface area (TPSA) is 57.6 Å². The molecule has 0 aliphatic heterocycles. The standard InChI is InChI=1S/C13H16ClNO3S/c1-3-15(9(2)8-13(17)18)12(16)7-5-10-4-6-11(14)19-10/h4-7,9H,3,8H2,1-2H3,(H,17,18)/b7-5+. The Kier molecular flexibility index (Phi) is 6.05. The molecule has 1 amide bonds. The minimum atomic E-state index is -0.909. The van der Waals surface area contributed by atoms with Gasteiger partial charge in [-0.15, -0.1) is 11.3 Å². The van der Waals surface area contributed by atoms with Gasteiger partial charge >= 0.3 is 5.97 Å². The van der Waals surface area contributed by atoms with Crippen molar-refractivity contribution in [3.8, 4) is 0 Å². The highest BCUT2D eigenvalue weighted by Gasteiger charge is 2.18. The molecule has 1 aromatic rings. The summed E-state index contributed by atoms with van der Waals surface area (Å²) in [7, 11) is 0. The predicted octanol–water partition coefficient (Wildman–Crippen LogP) is 3.13. The van der Waals surface area contributed by atoms with Gasteiger partial charge in [0.05, 0.1) is 10.8 Å². The molecule has 1 aromatic heterocycles. The van der Waals surface area contributed by atoms with Gasteiger partial charge in [0, 0.05) is 23.5 Å². The normalized spacial score (nSPS) is 12.6. The summed E-state index contributed by atoms with van der Waals surface area (Å²) < 4.78 is 0.665. The maximum absolute atomic E-state index is 12.0. The molecule has 0 spiro atoms. The van der Waals surface area contributed by atoms with Gasteiger partial charge in [0.25, 0.3) is 0 Å². The quantitative estimate of drug-likeness (QED) is 0.821. The van der Waals surface area contributed by atoms with Crippen LogP contribution in [0.3, 0.4) is 0 Å². The Labute approximate surface area is 121 Å². The highest BCUT2D eigenvalue weighted by molar-refractivity contribution is 7.17. The number of hydrogen-bond donors (Lipinski definition) is 1. The molecule has 1 atom stereocenters. The molecule has 0 aliphatic rings. The van der Waals surface area contributed by atoms with Gasteiger partial charge in [-0.1, -0.05) is 11.6 Å². The average molecular weight is 302 g/mol. The molecule has 19 heavy (non-hydrogen) atoms. The highest BCUT2D eigenvalue weighted by Crippen LogP contribution is 2.22. The fraction of sp³-hybridized carbons (Fsp3) is 0.385. The van der Waals surface area contributed by atoms with E-state index < -0.39 is 5.97 Å². The molecule has 1 heterocycles. The van der Waals surface area contributed by atoms with Crippen LogP contribution in [0.15, 0.2) is 18.2 Å². The summed E-state index contributed by atoms with van der Waals surface area (Å²) in [5.74, 6) is -1.10. The van der Waals surface area contributed by atoms with Crippen molar-refractivity contribution in [3.05, 3.63) is 27.4 Å². The molecule has 0 saturated carbocycles. The molecule has 0 aromatic carbocycles. The van der Waals surface area contributed by atoms with Gasteiger partial charge in [-0.3, -0.25) is 9.59 Å². The molecule has 0 aliphatic carbocycles. The molecule has 1 unspecified atom stereocenters. The van der Waals surface area contributed by atoms with Crippen LogP contribution in [0.25, 0.3) is 6.08 Å². The Bertz CT molecular complexity index is 484. The van der Waals surface area contributed by atoms with Crippen molar-refractivity contribution in [1.82, 2.24) is 4.90 Å². The van der Waals surface area contributed by atoms with Crippen molar-refractivity contribution in [2.75, 3.05) is 6.54 Å². The SMILES string of the molecule is CCN(C(=O)/C=C/c1ccc(Cl)s1)C(C)CC(=O)O. The molecule has 6 heteroatoms. The van der Waals surface area contributed by atoms with Gasteiger partial charge in [0.2, 0.25) is 5.91 Å². The number of amides is 1. The summed E-state index contributed by atoms with van der Waals surface area (Å²) in [6.45, 7) is 4.03. The van der Waals surface area contributed by atoms with E-state index in [-0.39, 0.29) is 18.4 Å². The molecule has 1 rings (SSSR count). The predicted molar refractivity (Wildman–Crippen MR) is 77.5 cm³/mol. The number of likely N-dealkylation sites (N-methyl/N-ethyl adjacent to an activating group) is 1. The summed E-state index contributed by atoms with van der Waals surface area (Å²) in [6, 6.07) is 3.26. The maximum Gasteiger partial charge on any atom is 0.305 e. The summed E-state index contributed by atoms with van der Waals surface area (Å²) in [5, 5.41) is 8.75. The molecule has 1 N–H and O–H groups in total. The number of halogens is 1. The van der Waals surface area contributed by atoms with Gasteiger partial charge < -0.3 is 10.0 Å². The number of carbonyl (C=O) groups is 2. The van der Waals surface area contributed by atoms with Crippen LogP contribution in [-0.4, -0.2) is 34.5 Å². The summed E-state index contributed by atoms with van der Waals surface area (Å²) in [5.41, 5.74) is 0. The second-order valence-electron chi connectivity index (χ2n) is 4.05. The molecule has 0 fully saturated rings. The smallest absolute Gasteiger partial charge is 0.305 e. The number of carbonyl (C=O) groups excluding carboxylic acids is 1. The number of rotatable bonds is 6. The molecule has 0 bridgehead atoms. The van der Waals surface area contributed by atoms with Crippen LogP contribution in [0.1, 0.15) is 25.1 Å². The summed E-state index contributed by atoms with van der Waals surface area (Å²) in [6.07, 6.45) is 3.08. The van der Waals surface area contributed by atoms with Crippen LogP contribution in [0.5, 0.6) is 0 Å². The lowest BCUT2D eigenvalue weighted by atomic mass is 10.2. The third-order valence-electron chi connectivity index (χ3n) is 2.61. The minimum absolute atomic E-state index is 0.0573. The second kappa shape index (κ2) is 7.31. The van der Waals surface area contributed by atoms with Crippen LogP contribution in [0.4, 0.5) is 0 Å². The van der Waals surface area contributed by atoms with E-state index >= 15 is 0 Å². The third kappa shape index (κ3) is 5.04. The van der Waals surface area contributed by atoms with Crippen LogP contribution in [-0.2, 0) is 9.59 Å². The van der Waals surface area contributed by atoms with Crippen molar-refractivity contribution in [2.24, 2.45) is 0 Å². The minimum Gasteiger partial charge on any atom is -0.481 e. The zero-order valence-corrected chi connectivity index (χ0v) is 12.4. The lowest BCUT2D eigenvalue weighted by molar-refractivity contribution is -0.139. The molecular formula is C13H16ClNO3S. The molecule has 0 radical (unpaired) electrons. The van der Waals surface area contributed by atoms with E-state index in [0.29, 0.717) is 10.9 Å². The van der Waals surface area contributed by atoms with Crippen LogP contribution < -0.4 is 0 Å². The van der Waals surface area contributed by atoms with E-state index in [0.717, 1.165) is 4.88 Å². The first-order valence-corrected chi connectivity index (χ1v) is 7.09. The van der Waals surface area contributed by atoms with E-state index in [9.17, 15) is 9.59 Å². The second-order valence-corrected chi connectivity index (χ2v) is 5.79. The van der Waals surface area contributed by atoms with Gasteiger partial charge in [0.15, 0.2) is 0 Å². The van der Waals surface area contributed by atoms with Crippen molar-refractivity contribution < 1.29 is 14.7 Å². The van der Waals surface area contributed by atoms with Crippen LogP contribution in [0, 0.1) is 0 Å². The van der Waals surface area contributed by atoms with E-state index in [1.54, 1.807) is 19.1 Å². The van der Waals surface area contributed by atoms with Crippen molar-refractivity contribution in [2.45, 2.75) is 26.3 Å². The number of carboxylic acids is 1.